The lowest BCUT2D eigenvalue weighted by molar-refractivity contribution is -0.124. The smallest absolute Gasteiger partial charge is 0.224 e. The first-order valence-electron chi connectivity index (χ1n) is 3.77. The van der Waals surface area contributed by atoms with Gasteiger partial charge in [0.25, 0.3) is 0 Å². The van der Waals surface area contributed by atoms with Gasteiger partial charge in [-0.25, -0.2) is 0 Å². The van der Waals surface area contributed by atoms with Gasteiger partial charge in [0.05, 0.1) is 0 Å². The highest BCUT2D eigenvalue weighted by Crippen LogP contribution is 1.85. The van der Waals surface area contributed by atoms with Crippen LogP contribution in [-0.2, 0) is 4.79 Å². The molecule has 0 aromatic rings. The van der Waals surface area contributed by atoms with Crippen molar-refractivity contribution in [2.24, 2.45) is 4.99 Å². The van der Waals surface area contributed by atoms with Crippen LogP contribution in [-0.4, -0.2) is 30.7 Å². The van der Waals surface area contributed by atoms with Crippen molar-refractivity contribution in [3.8, 4) is 0 Å². The number of nitrogens with zero attached hydrogens (tertiary/aromatic N) is 2. The second-order valence-corrected chi connectivity index (χ2v) is 1.85. The summed E-state index contributed by atoms with van der Waals surface area (Å²) in [7, 11) is 3.36. The lowest BCUT2D eigenvalue weighted by Crippen LogP contribution is -2.28. The Balaban J connectivity index is 0. The average molecular weight is 158 g/mol. The molecule has 0 aromatic carbocycles. The minimum absolute atomic E-state index is 0.0121. The molecule has 0 heterocycles. The molecule has 0 saturated heterocycles. The molecule has 0 spiro atoms. The van der Waals surface area contributed by atoms with Gasteiger partial charge >= 0.3 is 0 Å². The van der Waals surface area contributed by atoms with Crippen LogP contribution in [0.2, 0.25) is 0 Å². The fraction of sp³-hybridized carbons (Fsp3) is 0.750. The fourth-order valence-corrected chi connectivity index (χ4v) is 0.378. The van der Waals surface area contributed by atoms with Gasteiger partial charge < -0.3 is 4.90 Å². The second kappa shape index (κ2) is 7.25. The highest BCUT2D eigenvalue weighted by atomic mass is 16.2. The van der Waals surface area contributed by atoms with E-state index < -0.39 is 0 Å². The van der Waals surface area contributed by atoms with Gasteiger partial charge in [-0.1, -0.05) is 13.8 Å². The van der Waals surface area contributed by atoms with Crippen molar-refractivity contribution in [3.63, 3.8) is 0 Å². The molecule has 1 amide bonds. The standard InChI is InChI=1S/C6H12N2O.C2H6/c1-5(7-3)8(4)6(2)9;1-2/h1-4H3;1-2H3. The first-order chi connectivity index (χ1) is 5.09. The van der Waals surface area contributed by atoms with Crippen molar-refractivity contribution >= 4 is 11.7 Å². The Labute approximate surface area is 69.1 Å². The quantitative estimate of drug-likeness (QED) is 0.389. The Morgan fingerprint density at radius 1 is 1.27 bits per heavy atom. The molecule has 11 heavy (non-hydrogen) atoms. The van der Waals surface area contributed by atoms with Crippen LogP contribution in [0.4, 0.5) is 0 Å². The van der Waals surface area contributed by atoms with E-state index in [0.29, 0.717) is 0 Å². The van der Waals surface area contributed by atoms with Crippen LogP contribution in [0.15, 0.2) is 4.99 Å². The normalized spacial score (nSPS) is 9.82. The molecular weight excluding hydrogens is 140 g/mol. The van der Waals surface area contributed by atoms with Crippen molar-refractivity contribution in [2.45, 2.75) is 27.7 Å². The SMILES string of the molecule is CC.CN=C(C)N(C)C(C)=O. The van der Waals surface area contributed by atoms with Gasteiger partial charge in [-0.3, -0.25) is 9.79 Å². The Morgan fingerprint density at radius 3 is 1.73 bits per heavy atom. The van der Waals surface area contributed by atoms with E-state index in [1.807, 2.05) is 13.8 Å². The fourth-order valence-electron chi connectivity index (χ4n) is 0.378. The Kier molecular flexibility index (Phi) is 8.43. The van der Waals surface area contributed by atoms with Gasteiger partial charge in [-0.05, 0) is 6.92 Å². The largest absolute Gasteiger partial charge is 0.304 e. The summed E-state index contributed by atoms with van der Waals surface area (Å²) in [6.45, 7) is 7.30. The third-order valence-corrected chi connectivity index (χ3v) is 1.28. The molecule has 0 aliphatic rings. The summed E-state index contributed by atoms with van der Waals surface area (Å²) < 4.78 is 0. The molecule has 0 radical (unpaired) electrons. The average Bonchev–Trinajstić information content (AvgIpc) is 2.05. The summed E-state index contributed by atoms with van der Waals surface area (Å²) in [5.74, 6) is 0.751. The first-order valence-corrected chi connectivity index (χ1v) is 3.77. The predicted molar refractivity (Wildman–Crippen MR) is 48.8 cm³/mol. The van der Waals surface area contributed by atoms with Gasteiger partial charge in [0.2, 0.25) is 5.91 Å². The summed E-state index contributed by atoms with van der Waals surface area (Å²) in [5.41, 5.74) is 0. The van der Waals surface area contributed by atoms with Gasteiger partial charge in [-0.2, -0.15) is 0 Å². The molecule has 66 valence electrons. The topological polar surface area (TPSA) is 32.7 Å². The van der Waals surface area contributed by atoms with Crippen LogP contribution >= 0.6 is 0 Å². The molecule has 0 aliphatic carbocycles. The Hall–Kier alpha value is -0.860. The van der Waals surface area contributed by atoms with E-state index in [2.05, 4.69) is 4.99 Å². The predicted octanol–water partition coefficient (Wildman–Crippen LogP) is 1.54. The van der Waals surface area contributed by atoms with Crippen molar-refractivity contribution in [2.75, 3.05) is 14.1 Å². The van der Waals surface area contributed by atoms with E-state index in [0.717, 1.165) is 5.84 Å². The van der Waals surface area contributed by atoms with Gasteiger partial charge in [0.15, 0.2) is 0 Å². The molecule has 3 nitrogen and oxygen atoms in total. The summed E-state index contributed by atoms with van der Waals surface area (Å²) in [4.78, 5) is 15.9. The Morgan fingerprint density at radius 2 is 1.64 bits per heavy atom. The molecule has 0 aromatic heterocycles. The number of rotatable bonds is 0. The monoisotopic (exact) mass is 158 g/mol. The highest BCUT2D eigenvalue weighted by Gasteiger charge is 2.02. The molecule has 0 atom stereocenters. The van der Waals surface area contributed by atoms with Crippen molar-refractivity contribution in [1.29, 1.82) is 0 Å². The molecule has 0 aliphatic heterocycles. The van der Waals surface area contributed by atoms with Crippen molar-refractivity contribution in [1.82, 2.24) is 4.90 Å². The van der Waals surface area contributed by atoms with Crippen LogP contribution in [0.25, 0.3) is 0 Å². The maximum atomic E-state index is 10.6. The zero-order valence-electron chi connectivity index (χ0n) is 8.30. The minimum Gasteiger partial charge on any atom is -0.304 e. The number of hydrogen-bond acceptors (Lipinski definition) is 2. The lowest BCUT2D eigenvalue weighted by Gasteiger charge is -2.12. The number of carbonyl (C=O) groups is 1. The lowest BCUT2D eigenvalue weighted by atomic mass is 10.5. The molecule has 0 fully saturated rings. The summed E-state index contributed by atoms with van der Waals surface area (Å²) in [6, 6.07) is 0. The molecule has 0 N–H and O–H groups in total. The molecule has 0 saturated carbocycles. The number of amides is 1. The first kappa shape index (κ1) is 12.8. The van der Waals surface area contributed by atoms with Crippen LogP contribution in [0.5, 0.6) is 0 Å². The third-order valence-electron chi connectivity index (χ3n) is 1.28. The Bertz CT molecular complexity index is 141. The van der Waals surface area contributed by atoms with Crippen LogP contribution in [0.1, 0.15) is 27.7 Å². The highest BCUT2D eigenvalue weighted by molar-refractivity contribution is 5.95. The molecular formula is C8H18N2O. The number of aliphatic imine (C=N–C) groups is 1. The van der Waals surface area contributed by atoms with E-state index in [1.165, 1.54) is 11.8 Å². The summed E-state index contributed by atoms with van der Waals surface area (Å²) in [5, 5.41) is 0. The van der Waals surface area contributed by atoms with Crippen LogP contribution < -0.4 is 0 Å². The minimum atomic E-state index is 0.0121. The number of amidine groups is 1. The van der Waals surface area contributed by atoms with Gasteiger partial charge in [0, 0.05) is 21.0 Å². The summed E-state index contributed by atoms with van der Waals surface area (Å²) in [6.07, 6.45) is 0. The molecule has 0 bridgehead atoms. The van der Waals surface area contributed by atoms with Gasteiger partial charge in [-0.15, -0.1) is 0 Å². The van der Waals surface area contributed by atoms with Gasteiger partial charge in [0.1, 0.15) is 5.84 Å². The molecule has 0 rings (SSSR count). The maximum absolute atomic E-state index is 10.6. The third kappa shape index (κ3) is 5.58. The number of hydrogen-bond donors (Lipinski definition) is 0. The zero-order valence-corrected chi connectivity index (χ0v) is 8.30. The summed E-state index contributed by atoms with van der Waals surface area (Å²) >= 11 is 0. The van der Waals surface area contributed by atoms with E-state index >= 15 is 0 Å². The molecule has 0 unspecified atom stereocenters. The van der Waals surface area contributed by atoms with Crippen LogP contribution in [0.3, 0.4) is 0 Å². The van der Waals surface area contributed by atoms with Crippen LogP contribution in [0, 0.1) is 0 Å². The number of carbonyl (C=O) groups excluding carboxylic acids is 1. The molecule has 3 heteroatoms. The zero-order chi connectivity index (χ0) is 9.44. The second-order valence-electron chi connectivity index (χ2n) is 1.85. The van der Waals surface area contributed by atoms with E-state index in [1.54, 1.807) is 21.0 Å². The van der Waals surface area contributed by atoms with E-state index in [-0.39, 0.29) is 5.91 Å². The van der Waals surface area contributed by atoms with E-state index in [9.17, 15) is 4.79 Å². The van der Waals surface area contributed by atoms with Crippen molar-refractivity contribution < 1.29 is 4.79 Å². The van der Waals surface area contributed by atoms with Crippen molar-refractivity contribution in [3.05, 3.63) is 0 Å². The maximum Gasteiger partial charge on any atom is 0.224 e. The van der Waals surface area contributed by atoms with E-state index in [4.69, 9.17) is 0 Å².